The van der Waals surface area contributed by atoms with Crippen LogP contribution in [-0.2, 0) is 9.59 Å². The van der Waals surface area contributed by atoms with Crippen LogP contribution in [0.5, 0.6) is 23.0 Å². The molecule has 0 saturated carbocycles. The van der Waals surface area contributed by atoms with Crippen molar-refractivity contribution in [2.75, 3.05) is 38.6 Å². The lowest BCUT2D eigenvalue weighted by Crippen LogP contribution is -2.30. The lowest BCUT2D eigenvalue weighted by Gasteiger charge is -2.19. The second-order valence-electron chi connectivity index (χ2n) is 11.1. The van der Waals surface area contributed by atoms with Gasteiger partial charge in [-0.1, -0.05) is 66.7 Å². The number of amides is 3. The molecule has 5 rings (SSSR count). The first-order chi connectivity index (χ1) is 25.3. The smallest absolute Gasteiger partial charge is 0.272 e. The molecule has 0 aliphatic carbocycles. The van der Waals surface area contributed by atoms with Gasteiger partial charge in [-0.25, -0.2) is 0 Å². The molecule has 11 heteroatoms. The molecule has 1 atom stereocenters. The zero-order valence-electron chi connectivity index (χ0n) is 29.2. The fourth-order valence-electron chi connectivity index (χ4n) is 5.20. The van der Waals surface area contributed by atoms with Crippen molar-refractivity contribution >= 4 is 46.9 Å². The number of para-hydroxylation sites is 2. The summed E-state index contributed by atoms with van der Waals surface area (Å²) in [7, 11) is 4.50. The van der Waals surface area contributed by atoms with Gasteiger partial charge >= 0.3 is 0 Å². The van der Waals surface area contributed by atoms with Crippen LogP contribution in [0.1, 0.15) is 33.7 Å². The molecule has 0 aromatic heterocycles. The quantitative estimate of drug-likeness (QED) is 0.0736. The van der Waals surface area contributed by atoms with Crippen LogP contribution in [0.4, 0.5) is 11.4 Å². The fourth-order valence-corrected chi connectivity index (χ4v) is 6.28. The van der Waals surface area contributed by atoms with E-state index in [1.807, 2.05) is 61.5 Å². The number of nitrogens with one attached hydrogen (secondary N) is 3. The molecule has 1 unspecified atom stereocenters. The Morgan fingerprint density at radius 3 is 2.04 bits per heavy atom. The number of rotatable bonds is 15. The van der Waals surface area contributed by atoms with Crippen molar-refractivity contribution in [2.24, 2.45) is 0 Å². The fraction of sp³-hybridized carbons (Fsp3) is 0.146. The molecule has 5 aromatic carbocycles. The number of hydrogen-bond acceptors (Lipinski definition) is 8. The summed E-state index contributed by atoms with van der Waals surface area (Å²) in [5.41, 5.74) is 2.60. The highest BCUT2D eigenvalue weighted by molar-refractivity contribution is 8.00. The lowest BCUT2D eigenvalue weighted by atomic mass is 10.1. The van der Waals surface area contributed by atoms with E-state index in [0.29, 0.717) is 52.1 Å². The Morgan fingerprint density at radius 2 is 1.35 bits per heavy atom. The normalized spacial score (nSPS) is 11.5. The minimum Gasteiger partial charge on any atom is -0.496 e. The summed E-state index contributed by atoms with van der Waals surface area (Å²) in [4.78, 5) is 41.8. The first-order valence-electron chi connectivity index (χ1n) is 16.4. The Bertz CT molecular complexity index is 2040. The molecular formula is C41H39N3O7S. The van der Waals surface area contributed by atoms with Gasteiger partial charge in [0.1, 0.15) is 22.4 Å². The molecule has 3 N–H and O–H groups in total. The molecule has 3 amide bonds. The summed E-state index contributed by atoms with van der Waals surface area (Å²) in [5.74, 6) is 0.508. The molecule has 0 radical (unpaired) electrons. The standard InChI is InChI=1S/C41H39N3O7S/c1-5-51-34-22-13-12-21-32(34)43-41(47)38(27-15-8-6-9-16-27)52-31-20-14-19-30(25-31)42-40(46)33(44-39(45)28-17-10-7-11-18-28)23-29-24-36(49-3)37(50-4)26-35(29)48-2/h6-26,38H,5H2,1-4H3,(H,42,46)(H,43,47)(H,44,45)/b33-23+. The lowest BCUT2D eigenvalue weighted by molar-refractivity contribution is -0.116. The van der Waals surface area contributed by atoms with E-state index in [0.717, 1.165) is 10.5 Å². The van der Waals surface area contributed by atoms with Crippen molar-refractivity contribution in [3.8, 4) is 23.0 Å². The predicted molar refractivity (Wildman–Crippen MR) is 204 cm³/mol. The molecule has 5 aromatic rings. The largest absolute Gasteiger partial charge is 0.496 e. The third-order valence-electron chi connectivity index (χ3n) is 7.70. The molecule has 0 aliphatic heterocycles. The molecule has 52 heavy (non-hydrogen) atoms. The highest BCUT2D eigenvalue weighted by atomic mass is 32.2. The molecule has 0 fully saturated rings. The zero-order chi connectivity index (χ0) is 36.9. The van der Waals surface area contributed by atoms with E-state index in [4.69, 9.17) is 18.9 Å². The van der Waals surface area contributed by atoms with Crippen LogP contribution in [0.15, 0.2) is 132 Å². The molecule has 10 nitrogen and oxygen atoms in total. The van der Waals surface area contributed by atoms with Crippen LogP contribution >= 0.6 is 11.8 Å². The predicted octanol–water partition coefficient (Wildman–Crippen LogP) is 7.99. The van der Waals surface area contributed by atoms with E-state index >= 15 is 0 Å². The molecule has 0 bridgehead atoms. The number of anilines is 2. The Hall–Kier alpha value is -6.20. The minimum atomic E-state index is -0.639. The summed E-state index contributed by atoms with van der Waals surface area (Å²) in [5, 5.41) is 8.04. The van der Waals surface area contributed by atoms with Crippen molar-refractivity contribution in [1.29, 1.82) is 0 Å². The van der Waals surface area contributed by atoms with Gasteiger partial charge in [0.2, 0.25) is 5.91 Å². The van der Waals surface area contributed by atoms with Crippen LogP contribution < -0.4 is 34.9 Å². The summed E-state index contributed by atoms with van der Waals surface area (Å²) in [6, 6.07) is 35.7. The average molecular weight is 718 g/mol. The Balaban J connectivity index is 1.44. The highest BCUT2D eigenvalue weighted by Gasteiger charge is 2.24. The number of hydrogen-bond donors (Lipinski definition) is 3. The summed E-state index contributed by atoms with van der Waals surface area (Å²) < 4.78 is 22.2. The second kappa shape index (κ2) is 18.2. The van der Waals surface area contributed by atoms with E-state index in [-0.39, 0.29) is 11.6 Å². The number of carbonyl (C=O) groups is 3. The Labute approximate surface area is 307 Å². The van der Waals surface area contributed by atoms with Gasteiger partial charge in [0.05, 0.1) is 33.6 Å². The van der Waals surface area contributed by atoms with Crippen LogP contribution in [0.25, 0.3) is 6.08 Å². The van der Waals surface area contributed by atoms with E-state index in [1.165, 1.54) is 39.2 Å². The Kier molecular flexibility index (Phi) is 12.9. The van der Waals surface area contributed by atoms with Gasteiger partial charge in [0.15, 0.2) is 11.5 Å². The van der Waals surface area contributed by atoms with E-state index in [9.17, 15) is 14.4 Å². The van der Waals surface area contributed by atoms with E-state index in [2.05, 4.69) is 16.0 Å². The first-order valence-corrected chi connectivity index (χ1v) is 17.2. The number of methoxy groups -OCH3 is 3. The third kappa shape index (κ3) is 9.52. The molecule has 0 aliphatic rings. The zero-order valence-corrected chi connectivity index (χ0v) is 30.0. The third-order valence-corrected chi connectivity index (χ3v) is 8.94. The summed E-state index contributed by atoms with van der Waals surface area (Å²) in [6.45, 7) is 2.34. The molecule has 0 spiro atoms. The maximum atomic E-state index is 13.9. The summed E-state index contributed by atoms with van der Waals surface area (Å²) >= 11 is 1.33. The second-order valence-corrected chi connectivity index (χ2v) is 12.3. The topological polar surface area (TPSA) is 124 Å². The maximum Gasteiger partial charge on any atom is 0.272 e. The number of thioether (sulfide) groups is 1. The number of benzene rings is 5. The van der Waals surface area contributed by atoms with Crippen molar-refractivity contribution in [3.05, 3.63) is 144 Å². The van der Waals surface area contributed by atoms with E-state index < -0.39 is 17.1 Å². The van der Waals surface area contributed by atoms with Crippen molar-refractivity contribution in [1.82, 2.24) is 5.32 Å². The molecule has 0 saturated heterocycles. The van der Waals surface area contributed by atoms with Gasteiger partial charge in [-0.15, -0.1) is 11.8 Å². The van der Waals surface area contributed by atoms with Crippen LogP contribution in [0, 0.1) is 0 Å². The molecular weight excluding hydrogens is 679 g/mol. The SMILES string of the molecule is CCOc1ccccc1NC(=O)C(Sc1cccc(NC(=O)/C(=C\c2cc(OC)c(OC)cc2OC)NC(=O)c2ccccc2)c1)c1ccccc1. The van der Waals surface area contributed by atoms with Crippen molar-refractivity contribution < 1.29 is 33.3 Å². The maximum absolute atomic E-state index is 13.9. The van der Waals surface area contributed by atoms with Crippen molar-refractivity contribution in [3.63, 3.8) is 0 Å². The number of ether oxygens (including phenoxy) is 4. The summed E-state index contributed by atoms with van der Waals surface area (Å²) in [6.07, 6.45) is 1.51. The Morgan fingerprint density at radius 1 is 0.692 bits per heavy atom. The van der Waals surface area contributed by atoms with Gasteiger partial charge in [-0.05, 0) is 67.1 Å². The van der Waals surface area contributed by atoms with Gasteiger partial charge < -0.3 is 34.9 Å². The van der Waals surface area contributed by atoms with Crippen LogP contribution in [0.2, 0.25) is 0 Å². The minimum absolute atomic E-state index is 0.0491. The van der Waals surface area contributed by atoms with Crippen molar-refractivity contribution in [2.45, 2.75) is 17.1 Å². The van der Waals surface area contributed by atoms with Crippen LogP contribution in [0.3, 0.4) is 0 Å². The van der Waals surface area contributed by atoms with Crippen LogP contribution in [-0.4, -0.2) is 45.7 Å². The van der Waals surface area contributed by atoms with Gasteiger partial charge in [0, 0.05) is 27.8 Å². The average Bonchev–Trinajstić information content (AvgIpc) is 3.18. The monoisotopic (exact) mass is 717 g/mol. The molecule has 0 heterocycles. The highest BCUT2D eigenvalue weighted by Crippen LogP contribution is 2.39. The van der Waals surface area contributed by atoms with Gasteiger partial charge in [-0.2, -0.15) is 0 Å². The van der Waals surface area contributed by atoms with Gasteiger partial charge in [-0.3, -0.25) is 14.4 Å². The number of carbonyl (C=O) groups excluding carboxylic acids is 3. The first kappa shape index (κ1) is 37.1. The van der Waals surface area contributed by atoms with Gasteiger partial charge in [0.25, 0.3) is 11.8 Å². The van der Waals surface area contributed by atoms with E-state index in [1.54, 1.807) is 66.7 Å². The molecule has 266 valence electrons.